The van der Waals surface area contributed by atoms with Crippen LogP contribution in [-0.4, -0.2) is 31.1 Å². The van der Waals surface area contributed by atoms with Crippen LogP contribution in [0.25, 0.3) is 11.0 Å². The molecule has 2 aromatic rings. The van der Waals surface area contributed by atoms with E-state index in [2.05, 4.69) is 9.97 Å². The molecular formula is C12H14ClN5O3. The number of aliphatic hydroxyl groups is 1. The zero-order valence-corrected chi connectivity index (χ0v) is 12.2. The lowest BCUT2D eigenvalue weighted by Gasteiger charge is -2.23. The molecule has 9 heteroatoms. The van der Waals surface area contributed by atoms with Crippen LogP contribution in [-0.2, 0) is 6.54 Å². The second-order valence-corrected chi connectivity index (χ2v) is 5.57. The number of hydrogen-bond donors (Lipinski definition) is 3. The van der Waals surface area contributed by atoms with Gasteiger partial charge in [-0.25, -0.2) is 4.98 Å². The third-order valence-corrected chi connectivity index (χ3v) is 2.99. The first-order valence-electron chi connectivity index (χ1n) is 5.98. The quantitative estimate of drug-likeness (QED) is 0.677. The van der Waals surface area contributed by atoms with Gasteiger partial charge in [-0.2, -0.15) is 4.98 Å². The molecule has 112 valence electrons. The predicted octanol–water partition coefficient (Wildman–Crippen LogP) is -0.103. The number of anilines is 1. The third kappa shape index (κ3) is 2.81. The molecule has 2 heterocycles. The second kappa shape index (κ2) is 4.97. The molecule has 0 aliphatic heterocycles. The number of pyridine rings is 1. The Hall–Kier alpha value is -2.19. The summed E-state index contributed by atoms with van der Waals surface area (Å²) in [5.41, 5.74) is 9.00. The highest BCUT2D eigenvalue weighted by Crippen LogP contribution is 2.20. The topological polar surface area (TPSA) is 137 Å². The number of nitrogens with zero attached hydrogens (tertiary/aromatic N) is 3. The van der Waals surface area contributed by atoms with E-state index in [0.29, 0.717) is 0 Å². The summed E-state index contributed by atoms with van der Waals surface area (Å²) < 4.78 is 1.32. The van der Waals surface area contributed by atoms with Crippen molar-refractivity contribution < 1.29 is 9.90 Å². The summed E-state index contributed by atoms with van der Waals surface area (Å²) >= 11 is 5.74. The average Bonchev–Trinajstić information content (AvgIpc) is 2.32. The number of nitrogens with two attached hydrogens (primary N) is 2. The number of rotatable bonds is 3. The Labute approximate surface area is 124 Å². The maximum absolute atomic E-state index is 12.2. The lowest BCUT2D eigenvalue weighted by molar-refractivity contribution is 0.0629. The van der Waals surface area contributed by atoms with Crippen molar-refractivity contribution >= 4 is 34.4 Å². The van der Waals surface area contributed by atoms with E-state index in [1.54, 1.807) is 13.8 Å². The first-order valence-corrected chi connectivity index (χ1v) is 6.36. The molecule has 0 saturated heterocycles. The van der Waals surface area contributed by atoms with E-state index in [-0.39, 0.29) is 34.2 Å². The third-order valence-electron chi connectivity index (χ3n) is 2.80. The molecule has 2 rings (SSSR count). The molecular weight excluding hydrogens is 298 g/mol. The van der Waals surface area contributed by atoms with Crippen molar-refractivity contribution in [3.05, 3.63) is 27.3 Å². The van der Waals surface area contributed by atoms with Crippen molar-refractivity contribution in [1.82, 2.24) is 14.5 Å². The summed E-state index contributed by atoms with van der Waals surface area (Å²) in [5.74, 6) is -1.13. The average molecular weight is 312 g/mol. The molecule has 0 aromatic carbocycles. The van der Waals surface area contributed by atoms with Crippen LogP contribution < -0.4 is 16.9 Å². The summed E-state index contributed by atoms with van der Waals surface area (Å²) in [7, 11) is 0. The minimum absolute atomic E-state index is 0.0107. The van der Waals surface area contributed by atoms with Gasteiger partial charge in [0.25, 0.3) is 5.91 Å². The number of nitrogen functional groups attached to an aromatic ring is 1. The van der Waals surface area contributed by atoms with Gasteiger partial charge in [0, 0.05) is 6.20 Å². The van der Waals surface area contributed by atoms with Crippen LogP contribution >= 0.6 is 11.6 Å². The van der Waals surface area contributed by atoms with Gasteiger partial charge >= 0.3 is 0 Å². The molecule has 0 saturated carbocycles. The van der Waals surface area contributed by atoms with Gasteiger partial charge in [-0.3, -0.25) is 9.59 Å². The van der Waals surface area contributed by atoms with E-state index in [1.807, 2.05) is 0 Å². The lowest BCUT2D eigenvalue weighted by Crippen LogP contribution is -2.33. The molecule has 21 heavy (non-hydrogen) atoms. The largest absolute Gasteiger partial charge is 0.389 e. The number of primary amides is 1. The Balaban J connectivity index is 2.95. The molecule has 0 spiro atoms. The zero-order chi connectivity index (χ0) is 15.9. The summed E-state index contributed by atoms with van der Waals surface area (Å²) in [5, 5.41) is 9.94. The molecule has 8 nitrogen and oxygen atoms in total. The number of fused-ring (bicyclic) bond motifs is 1. The van der Waals surface area contributed by atoms with Gasteiger partial charge in [-0.05, 0) is 25.4 Å². The lowest BCUT2D eigenvalue weighted by atomic mass is 10.1. The van der Waals surface area contributed by atoms with Crippen molar-refractivity contribution in [2.75, 3.05) is 5.73 Å². The molecule has 1 amide bonds. The normalized spacial score (nSPS) is 11.8. The van der Waals surface area contributed by atoms with Crippen LogP contribution in [0.15, 0.2) is 11.0 Å². The fourth-order valence-corrected chi connectivity index (χ4v) is 2.13. The van der Waals surface area contributed by atoms with E-state index < -0.39 is 16.9 Å². The molecule has 0 aliphatic rings. The monoisotopic (exact) mass is 311 g/mol. The minimum atomic E-state index is -1.16. The maximum atomic E-state index is 12.2. The molecule has 0 fully saturated rings. The van der Waals surface area contributed by atoms with E-state index in [1.165, 1.54) is 10.8 Å². The number of amides is 1. The van der Waals surface area contributed by atoms with Crippen LogP contribution in [0.5, 0.6) is 0 Å². The van der Waals surface area contributed by atoms with Gasteiger partial charge in [-0.15, -0.1) is 0 Å². The molecule has 0 radical (unpaired) electrons. The maximum Gasteiger partial charge on any atom is 0.256 e. The van der Waals surface area contributed by atoms with Crippen LogP contribution in [0.3, 0.4) is 0 Å². The SMILES string of the molecule is CC(C)(O)Cn1c(N)c(C(N)=O)c(=O)c2cnc(Cl)nc21. The number of hydrogen-bond acceptors (Lipinski definition) is 6. The van der Waals surface area contributed by atoms with Crippen molar-refractivity contribution in [3.63, 3.8) is 0 Å². The van der Waals surface area contributed by atoms with Crippen LogP contribution in [0.2, 0.25) is 5.28 Å². The fourth-order valence-electron chi connectivity index (χ4n) is 2.00. The summed E-state index contributed by atoms with van der Waals surface area (Å²) in [6.45, 7) is 3.08. The number of aromatic nitrogens is 3. The van der Waals surface area contributed by atoms with E-state index in [0.717, 1.165) is 0 Å². The van der Waals surface area contributed by atoms with E-state index >= 15 is 0 Å². The molecule has 5 N–H and O–H groups in total. The van der Waals surface area contributed by atoms with E-state index in [9.17, 15) is 14.7 Å². The van der Waals surface area contributed by atoms with Crippen molar-refractivity contribution in [1.29, 1.82) is 0 Å². The molecule has 0 bridgehead atoms. The number of halogens is 1. The van der Waals surface area contributed by atoms with Gasteiger partial charge in [-0.1, -0.05) is 0 Å². The van der Waals surface area contributed by atoms with Crippen molar-refractivity contribution in [2.24, 2.45) is 5.73 Å². The summed E-state index contributed by atoms with van der Waals surface area (Å²) in [6.07, 6.45) is 1.19. The van der Waals surface area contributed by atoms with Crippen LogP contribution in [0.4, 0.5) is 5.82 Å². The summed E-state index contributed by atoms with van der Waals surface area (Å²) in [4.78, 5) is 31.4. The van der Waals surface area contributed by atoms with E-state index in [4.69, 9.17) is 23.1 Å². The standard InChI is InChI=1S/C12H14ClN5O3/c1-12(2,21)4-18-8(14)6(9(15)20)7(19)5-3-16-11(13)17-10(5)18/h3,21H,4,14H2,1-2H3,(H2,15,20). The number of carbonyl (C=O) groups is 1. The fraction of sp³-hybridized carbons (Fsp3) is 0.333. The smallest absolute Gasteiger partial charge is 0.256 e. The Bertz CT molecular complexity index is 794. The molecule has 0 aliphatic carbocycles. The molecule has 0 unspecified atom stereocenters. The van der Waals surface area contributed by atoms with Crippen LogP contribution in [0.1, 0.15) is 24.2 Å². The first kappa shape index (κ1) is 15.2. The molecule has 2 aromatic heterocycles. The Kier molecular flexibility index (Phi) is 3.60. The van der Waals surface area contributed by atoms with Crippen LogP contribution in [0, 0.1) is 0 Å². The Morgan fingerprint density at radius 2 is 2.14 bits per heavy atom. The van der Waals surface area contributed by atoms with Gasteiger partial charge in [0.1, 0.15) is 11.4 Å². The zero-order valence-electron chi connectivity index (χ0n) is 11.4. The van der Waals surface area contributed by atoms with Crippen molar-refractivity contribution in [2.45, 2.75) is 26.0 Å². The minimum Gasteiger partial charge on any atom is -0.389 e. The van der Waals surface area contributed by atoms with Gasteiger partial charge in [0.05, 0.1) is 17.5 Å². The van der Waals surface area contributed by atoms with Crippen molar-refractivity contribution in [3.8, 4) is 0 Å². The Morgan fingerprint density at radius 3 is 2.67 bits per heavy atom. The highest BCUT2D eigenvalue weighted by atomic mass is 35.5. The second-order valence-electron chi connectivity index (χ2n) is 5.23. The highest BCUT2D eigenvalue weighted by Gasteiger charge is 2.23. The van der Waals surface area contributed by atoms with Gasteiger partial charge in [0.15, 0.2) is 5.65 Å². The molecule has 0 atom stereocenters. The highest BCUT2D eigenvalue weighted by molar-refractivity contribution is 6.28. The van der Waals surface area contributed by atoms with Gasteiger partial charge in [0.2, 0.25) is 10.7 Å². The Morgan fingerprint density at radius 1 is 1.52 bits per heavy atom. The summed E-state index contributed by atoms with van der Waals surface area (Å²) in [6, 6.07) is 0. The first-order chi connectivity index (χ1) is 9.61. The predicted molar refractivity (Wildman–Crippen MR) is 78.0 cm³/mol. The number of carbonyl (C=O) groups excluding carboxylic acids is 1. The van der Waals surface area contributed by atoms with Gasteiger partial charge < -0.3 is 21.1 Å².